The van der Waals surface area contributed by atoms with Crippen LogP contribution < -0.4 is 4.72 Å². The van der Waals surface area contributed by atoms with E-state index >= 15 is 0 Å². The second-order valence-corrected chi connectivity index (χ2v) is 7.27. The first kappa shape index (κ1) is 16.5. The Morgan fingerprint density at radius 2 is 1.64 bits per heavy atom. The Bertz CT molecular complexity index is 794. The van der Waals surface area contributed by atoms with E-state index in [1.807, 2.05) is 35.9 Å². The van der Waals surface area contributed by atoms with Gasteiger partial charge in [-0.1, -0.05) is 45.8 Å². The summed E-state index contributed by atoms with van der Waals surface area (Å²) >= 11 is 3.31. The quantitative estimate of drug-likeness (QED) is 0.829. The molecule has 1 N–H and O–H groups in total. The van der Waals surface area contributed by atoms with E-state index in [9.17, 15) is 13.2 Å². The first-order valence-electron chi connectivity index (χ1n) is 6.44. The number of hydrogen-bond donors (Lipinski definition) is 1. The summed E-state index contributed by atoms with van der Waals surface area (Å²) in [4.78, 5) is 11.8. The summed E-state index contributed by atoms with van der Waals surface area (Å²) in [5.74, 6) is -0.691. The summed E-state index contributed by atoms with van der Waals surface area (Å²) < 4.78 is 27.0. The van der Waals surface area contributed by atoms with Crippen molar-refractivity contribution in [1.29, 1.82) is 0 Å². The van der Waals surface area contributed by atoms with Crippen molar-refractivity contribution in [2.24, 2.45) is 0 Å². The maximum atomic E-state index is 12.0. The lowest BCUT2D eigenvalue weighted by molar-refractivity contribution is -0.114. The molecule has 6 heteroatoms. The highest BCUT2D eigenvalue weighted by Gasteiger charge is 2.15. The molecule has 2 aromatic rings. The predicted molar refractivity (Wildman–Crippen MR) is 89.7 cm³/mol. The number of nitrogens with one attached hydrogen (secondary N) is 1. The molecular weight excluding hydrogens is 366 g/mol. The van der Waals surface area contributed by atoms with Crippen LogP contribution in [0, 0.1) is 6.92 Å². The average molecular weight is 380 g/mol. The average Bonchev–Trinajstić information content (AvgIpc) is 2.46. The van der Waals surface area contributed by atoms with Crippen LogP contribution in [-0.2, 0) is 14.8 Å². The van der Waals surface area contributed by atoms with Crippen LogP contribution in [0.2, 0.25) is 0 Å². The van der Waals surface area contributed by atoms with Crippen molar-refractivity contribution in [2.75, 3.05) is 0 Å². The highest BCUT2D eigenvalue weighted by molar-refractivity contribution is 9.10. The van der Waals surface area contributed by atoms with E-state index in [4.69, 9.17) is 0 Å². The molecule has 0 aliphatic rings. The molecule has 0 unspecified atom stereocenters. The van der Waals surface area contributed by atoms with E-state index in [2.05, 4.69) is 15.9 Å². The fourth-order valence-corrected chi connectivity index (χ4v) is 2.90. The Morgan fingerprint density at radius 3 is 2.23 bits per heavy atom. The van der Waals surface area contributed by atoms with Gasteiger partial charge in [0.25, 0.3) is 15.9 Å². The van der Waals surface area contributed by atoms with Crippen LogP contribution in [0.4, 0.5) is 0 Å². The molecule has 0 atom stereocenters. The van der Waals surface area contributed by atoms with Gasteiger partial charge < -0.3 is 0 Å². The Hall–Kier alpha value is -1.92. The van der Waals surface area contributed by atoms with Crippen LogP contribution in [-0.4, -0.2) is 14.3 Å². The molecule has 0 heterocycles. The number of sulfonamides is 1. The van der Waals surface area contributed by atoms with Crippen molar-refractivity contribution < 1.29 is 13.2 Å². The Balaban J connectivity index is 2.07. The molecule has 2 rings (SSSR count). The van der Waals surface area contributed by atoms with Gasteiger partial charge in [0.15, 0.2) is 0 Å². The van der Waals surface area contributed by atoms with Crippen LogP contribution >= 0.6 is 15.9 Å². The number of amides is 1. The zero-order chi connectivity index (χ0) is 16.2. The topological polar surface area (TPSA) is 63.2 Å². The van der Waals surface area contributed by atoms with E-state index < -0.39 is 15.9 Å². The smallest absolute Gasteiger partial charge is 0.264 e. The van der Waals surface area contributed by atoms with E-state index in [0.717, 1.165) is 15.6 Å². The summed E-state index contributed by atoms with van der Waals surface area (Å²) in [7, 11) is -3.85. The third-order valence-corrected chi connectivity index (χ3v) is 4.75. The van der Waals surface area contributed by atoms with Gasteiger partial charge >= 0.3 is 0 Å². The lowest BCUT2D eigenvalue weighted by atomic mass is 10.2. The molecule has 4 nitrogen and oxygen atoms in total. The standard InChI is InChI=1S/C16H14BrNO3S/c1-12-2-9-15(10-3-12)22(20,21)18-16(19)11-6-13-4-7-14(17)8-5-13/h2-11H,1H3,(H,18,19)/b11-6+. The van der Waals surface area contributed by atoms with Crippen molar-refractivity contribution >= 4 is 37.9 Å². The first-order chi connectivity index (χ1) is 10.4. The van der Waals surface area contributed by atoms with Crippen molar-refractivity contribution in [1.82, 2.24) is 4.72 Å². The Kier molecular flexibility index (Phi) is 5.15. The fourth-order valence-electron chi connectivity index (χ4n) is 1.69. The van der Waals surface area contributed by atoms with Gasteiger partial charge in [-0.25, -0.2) is 13.1 Å². The maximum Gasteiger partial charge on any atom is 0.264 e. The molecule has 0 saturated heterocycles. The lowest BCUT2D eigenvalue weighted by Crippen LogP contribution is -2.28. The van der Waals surface area contributed by atoms with Crippen LogP contribution in [0.25, 0.3) is 6.08 Å². The molecule has 0 fully saturated rings. The molecular formula is C16H14BrNO3S. The van der Waals surface area contributed by atoms with Crippen molar-refractivity contribution in [3.05, 3.63) is 70.2 Å². The first-order valence-corrected chi connectivity index (χ1v) is 8.71. The molecule has 0 aliphatic heterocycles. The van der Waals surface area contributed by atoms with Gasteiger partial charge in [-0.05, 0) is 42.8 Å². The third kappa shape index (κ3) is 4.54. The van der Waals surface area contributed by atoms with Gasteiger partial charge in [-0.15, -0.1) is 0 Å². The minimum atomic E-state index is -3.85. The molecule has 22 heavy (non-hydrogen) atoms. The largest absolute Gasteiger partial charge is 0.269 e. The zero-order valence-electron chi connectivity index (χ0n) is 11.8. The number of hydrogen-bond acceptors (Lipinski definition) is 3. The van der Waals surface area contributed by atoms with Gasteiger partial charge in [0.05, 0.1) is 4.90 Å². The Morgan fingerprint density at radius 1 is 1.05 bits per heavy atom. The molecule has 0 aromatic heterocycles. The van der Waals surface area contributed by atoms with Crippen molar-refractivity contribution in [3.63, 3.8) is 0 Å². The van der Waals surface area contributed by atoms with Gasteiger partial charge in [0, 0.05) is 10.5 Å². The van der Waals surface area contributed by atoms with Gasteiger partial charge in [0.2, 0.25) is 0 Å². The van der Waals surface area contributed by atoms with Crippen LogP contribution in [0.15, 0.2) is 64.0 Å². The maximum absolute atomic E-state index is 12.0. The number of aryl methyl sites for hydroxylation is 1. The molecule has 0 bridgehead atoms. The van der Waals surface area contributed by atoms with Gasteiger partial charge in [-0.3, -0.25) is 4.79 Å². The summed E-state index contributed by atoms with van der Waals surface area (Å²) in [6.45, 7) is 1.86. The third-order valence-electron chi connectivity index (χ3n) is 2.86. The molecule has 0 spiro atoms. The van der Waals surface area contributed by atoms with E-state index in [0.29, 0.717) is 0 Å². The van der Waals surface area contributed by atoms with E-state index in [-0.39, 0.29) is 4.90 Å². The van der Waals surface area contributed by atoms with Crippen molar-refractivity contribution in [3.8, 4) is 0 Å². The van der Waals surface area contributed by atoms with Gasteiger partial charge in [-0.2, -0.15) is 0 Å². The number of halogens is 1. The number of carbonyl (C=O) groups excluding carboxylic acids is 1. The van der Waals surface area contributed by atoms with E-state index in [1.165, 1.54) is 18.2 Å². The second-order valence-electron chi connectivity index (χ2n) is 4.67. The summed E-state index contributed by atoms with van der Waals surface area (Å²) in [5, 5.41) is 0. The normalized spacial score (nSPS) is 11.5. The monoisotopic (exact) mass is 379 g/mol. The van der Waals surface area contributed by atoms with Gasteiger partial charge in [0.1, 0.15) is 0 Å². The minimum Gasteiger partial charge on any atom is -0.269 e. The number of benzene rings is 2. The van der Waals surface area contributed by atoms with E-state index in [1.54, 1.807) is 18.2 Å². The minimum absolute atomic E-state index is 0.0588. The molecule has 0 saturated carbocycles. The zero-order valence-corrected chi connectivity index (χ0v) is 14.2. The highest BCUT2D eigenvalue weighted by atomic mass is 79.9. The lowest BCUT2D eigenvalue weighted by Gasteiger charge is -2.05. The summed E-state index contributed by atoms with van der Waals surface area (Å²) in [6, 6.07) is 13.6. The second kappa shape index (κ2) is 6.89. The summed E-state index contributed by atoms with van der Waals surface area (Å²) in [5.41, 5.74) is 1.74. The highest BCUT2D eigenvalue weighted by Crippen LogP contribution is 2.12. The summed E-state index contributed by atoms with van der Waals surface area (Å²) in [6.07, 6.45) is 2.74. The van der Waals surface area contributed by atoms with Crippen LogP contribution in [0.1, 0.15) is 11.1 Å². The predicted octanol–water partition coefficient (Wildman–Crippen LogP) is 3.28. The number of carbonyl (C=O) groups is 1. The number of rotatable bonds is 4. The molecule has 114 valence electrons. The van der Waals surface area contributed by atoms with Crippen molar-refractivity contribution in [2.45, 2.75) is 11.8 Å². The molecule has 2 aromatic carbocycles. The molecule has 0 radical (unpaired) electrons. The fraction of sp³-hybridized carbons (Fsp3) is 0.0625. The Labute approximate surface area is 138 Å². The molecule has 0 aliphatic carbocycles. The van der Waals surface area contributed by atoms with Crippen LogP contribution in [0.3, 0.4) is 0 Å². The molecule has 1 amide bonds. The van der Waals surface area contributed by atoms with Crippen LogP contribution in [0.5, 0.6) is 0 Å². The SMILES string of the molecule is Cc1ccc(S(=O)(=O)NC(=O)/C=C/c2ccc(Br)cc2)cc1.